The summed E-state index contributed by atoms with van der Waals surface area (Å²) in [5, 5.41) is 3.53. The summed E-state index contributed by atoms with van der Waals surface area (Å²) in [6.07, 6.45) is 1.84. The van der Waals surface area contributed by atoms with Gasteiger partial charge >= 0.3 is 5.97 Å². The molecule has 0 unspecified atom stereocenters. The first-order chi connectivity index (χ1) is 12.5. The first kappa shape index (κ1) is 20.0. The minimum absolute atomic E-state index is 0.196. The lowest BCUT2D eigenvalue weighted by molar-refractivity contribution is 0.0500. The van der Waals surface area contributed by atoms with Crippen LogP contribution in [0.25, 0.3) is 0 Å². The van der Waals surface area contributed by atoms with Crippen molar-refractivity contribution < 1.29 is 9.53 Å². The third-order valence-corrected chi connectivity index (χ3v) is 4.60. The van der Waals surface area contributed by atoms with Crippen LogP contribution in [0.2, 0.25) is 0 Å². The van der Waals surface area contributed by atoms with Gasteiger partial charge in [0.2, 0.25) is 5.95 Å². The Morgan fingerprint density at radius 3 is 2.69 bits per heavy atom. The summed E-state index contributed by atoms with van der Waals surface area (Å²) in [4.78, 5) is 30.8. The molecule has 0 fully saturated rings. The van der Waals surface area contributed by atoms with Gasteiger partial charge in [-0.3, -0.25) is 9.78 Å². The Hall–Kier alpha value is -2.28. The number of unbranched alkanes of at least 4 members (excludes halogenated alkanes) is 1. The minimum Gasteiger partial charge on any atom is -0.462 e. The fourth-order valence-electron chi connectivity index (χ4n) is 2.11. The van der Waals surface area contributed by atoms with E-state index in [0.717, 1.165) is 24.2 Å². The van der Waals surface area contributed by atoms with Crippen LogP contribution in [0.3, 0.4) is 0 Å². The van der Waals surface area contributed by atoms with Crippen LogP contribution in [-0.4, -0.2) is 27.8 Å². The predicted octanol–water partition coefficient (Wildman–Crippen LogP) is 4.11. The highest BCUT2D eigenvalue weighted by molar-refractivity contribution is 7.99. The van der Waals surface area contributed by atoms with Crippen molar-refractivity contribution in [2.75, 3.05) is 11.9 Å². The number of nitrogens with zero attached hydrogens (tertiary/aromatic N) is 1. The normalized spacial score (nSPS) is 10.8. The highest BCUT2D eigenvalue weighted by Crippen LogP contribution is 2.17. The van der Waals surface area contributed by atoms with Gasteiger partial charge in [-0.25, -0.2) is 9.78 Å². The Labute approximate surface area is 157 Å². The molecule has 0 spiro atoms. The first-order valence-electron chi connectivity index (χ1n) is 8.74. The van der Waals surface area contributed by atoms with Gasteiger partial charge in [0.1, 0.15) is 0 Å². The van der Waals surface area contributed by atoms with E-state index in [-0.39, 0.29) is 11.5 Å². The van der Waals surface area contributed by atoms with Crippen molar-refractivity contribution in [3.63, 3.8) is 0 Å². The maximum atomic E-state index is 11.9. The van der Waals surface area contributed by atoms with E-state index >= 15 is 0 Å². The van der Waals surface area contributed by atoms with Gasteiger partial charge in [-0.1, -0.05) is 27.2 Å². The smallest absolute Gasteiger partial charge is 0.338 e. The zero-order chi connectivity index (χ0) is 18.9. The van der Waals surface area contributed by atoms with Crippen LogP contribution in [0.4, 0.5) is 11.6 Å². The number of aromatic nitrogens is 2. The van der Waals surface area contributed by atoms with Gasteiger partial charge < -0.3 is 10.1 Å². The number of carbonyl (C=O) groups is 1. The number of anilines is 2. The van der Waals surface area contributed by atoms with Crippen molar-refractivity contribution in [2.24, 2.45) is 0 Å². The third kappa shape index (κ3) is 6.55. The van der Waals surface area contributed by atoms with E-state index in [4.69, 9.17) is 4.74 Å². The van der Waals surface area contributed by atoms with Gasteiger partial charge in [-0.15, -0.1) is 0 Å². The summed E-state index contributed by atoms with van der Waals surface area (Å²) in [6, 6.07) is 8.40. The summed E-state index contributed by atoms with van der Waals surface area (Å²) in [5.74, 6) is 0.734. The van der Waals surface area contributed by atoms with Gasteiger partial charge in [0.15, 0.2) is 0 Å². The van der Waals surface area contributed by atoms with Gasteiger partial charge in [-0.2, -0.15) is 11.8 Å². The van der Waals surface area contributed by atoms with Crippen molar-refractivity contribution in [1.82, 2.24) is 9.97 Å². The van der Waals surface area contributed by atoms with Crippen LogP contribution >= 0.6 is 11.8 Å². The molecule has 2 aromatic rings. The topological polar surface area (TPSA) is 84.1 Å². The standard InChI is InChI=1S/C19H25N3O3S/c1-4-5-10-25-18(24)14-6-8-15(9-7-14)20-19-21-16(11-17(23)22-19)12-26-13(2)3/h6-9,11,13H,4-5,10,12H2,1-3H3,(H2,20,21,22,23). The fraction of sp³-hybridized carbons (Fsp3) is 0.421. The second-order valence-electron chi connectivity index (χ2n) is 6.14. The van der Waals surface area contributed by atoms with Crippen LogP contribution in [0.1, 0.15) is 49.7 Å². The number of aromatic amines is 1. The molecule has 1 aromatic carbocycles. The number of ether oxygens (including phenoxy) is 1. The number of hydrogen-bond donors (Lipinski definition) is 2. The molecule has 2 N–H and O–H groups in total. The Bertz CT molecular complexity index is 772. The van der Waals surface area contributed by atoms with Gasteiger partial charge in [0.05, 0.1) is 17.9 Å². The molecule has 0 aliphatic carbocycles. The van der Waals surface area contributed by atoms with Crippen LogP contribution in [0.15, 0.2) is 35.1 Å². The molecule has 0 aliphatic rings. The van der Waals surface area contributed by atoms with Crippen LogP contribution in [-0.2, 0) is 10.5 Å². The number of H-pyrrole nitrogens is 1. The number of nitrogens with one attached hydrogen (secondary N) is 2. The van der Waals surface area contributed by atoms with E-state index in [0.29, 0.717) is 29.1 Å². The molecular weight excluding hydrogens is 350 g/mol. The molecule has 0 saturated carbocycles. The van der Waals surface area contributed by atoms with Crippen molar-refractivity contribution in [3.05, 3.63) is 51.9 Å². The zero-order valence-electron chi connectivity index (χ0n) is 15.4. The van der Waals surface area contributed by atoms with E-state index < -0.39 is 0 Å². The summed E-state index contributed by atoms with van der Waals surface area (Å²) < 4.78 is 5.18. The first-order valence-corrected chi connectivity index (χ1v) is 9.79. The molecule has 6 nitrogen and oxygen atoms in total. The summed E-state index contributed by atoms with van der Waals surface area (Å²) >= 11 is 1.73. The lowest BCUT2D eigenvalue weighted by atomic mass is 10.2. The monoisotopic (exact) mass is 375 g/mol. The van der Waals surface area contributed by atoms with Gasteiger partial charge in [-0.05, 0) is 35.9 Å². The van der Waals surface area contributed by atoms with E-state index in [1.54, 1.807) is 36.0 Å². The van der Waals surface area contributed by atoms with Crippen molar-refractivity contribution in [3.8, 4) is 0 Å². The molecule has 0 atom stereocenters. The molecule has 1 aromatic heterocycles. The molecule has 0 amide bonds. The third-order valence-electron chi connectivity index (χ3n) is 3.47. The van der Waals surface area contributed by atoms with E-state index in [1.165, 1.54) is 6.07 Å². The number of rotatable bonds is 9. The fourth-order valence-corrected chi connectivity index (χ4v) is 2.76. The van der Waals surface area contributed by atoms with E-state index in [9.17, 15) is 9.59 Å². The lowest BCUT2D eigenvalue weighted by Crippen LogP contribution is -2.12. The average Bonchev–Trinajstić information content (AvgIpc) is 2.60. The summed E-state index contributed by atoms with van der Waals surface area (Å²) in [7, 11) is 0. The minimum atomic E-state index is -0.329. The zero-order valence-corrected chi connectivity index (χ0v) is 16.2. The number of carbonyl (C=O) groups excluding carboxylic acids is 1. The average molecular weight is 375 g/mol. The molecule has 0 saturated heterocycles. The summed E-state index contributed by atoms with van der Waals surface area (Å²) in [5.41, 5.74) is 1.76. The van der Waals surface area contributed by atoms with Crippen molar-refractivity contribution in [1.29, 1.82) is 0 Å². The quantitative estimate of drug-likeness (QED) is 0.507. The van der Waals surface area contributed by atoms with Crippen molar-refractivity contribution in [2.45, 2.75) is 44.6 Å². The molecule has 2 rings (SSSR count). The Morgan fingerprint density at radius 2 is 2.04 bits per heavy atom. The number of thioether (sulfide) groups is 1. The Morgan fingerprint density at radius 1 is 1.31 bits per heavy atom. The molecule has 7 heteroatoms. The van der Waals surface area contributed by atoms with E-state index in [2.05, 4.69) is 29.1 Å². The molecular formula is C19H25N3O3S. The SMILES string of the molecule is CCCCOC(=O)c1ccc(Nc2nc(CSC(C)C)cc(=O)[nH]2)cc1. The molecule has 0 bridgehead atoms. The molecule has 140 valence electrons. The highest BCUT2D eigenvalue weighted by atomic mass is 32.2. The second kappa shape index (κ2) is 10.0. The molecule has 26 heavy (non-hydrogen) atoms. The molecule has 1 heterocycles. The van der Waals surface area contributed by atoms with Crippen LogP contribution in [0, 0.1) is 0 Å². The van der Waals surface area contributed by atoms with E-state index in [1.807, 2.05) is 6.92 Å². The van der Waals surface area contributed by atoms with Crippen LogP contribution < -0.4 is 10.9 Å². The van der Waals surface area contributed by atoms with Gasteiger partial charge in [0, 0.05) is 17.5 Å². The Kier molecular flexibility index (Phi) is 7.72. The largest absolute Gasteiger partial charge is 0.462 e. The predicted molar refractivity (Wildman–Crippen MR) is 106 cm³/mol. The number of esters is 1. The Balaban J connectivity index is 2.02. The maximum Gasteiger partial charge on any atom is 0.338 e. The van der Waals surface area contributed by atoms with Crippen molar-refractivity contribution >= 4 is 29.4 Å². The maximum absolute atomic E-state index is 11.9. The van der Waals surface area contributed by atoms with Crippen LogP contribution in [0.5, 0.6) is 0 Å². The number of benzene rings is 1. The summed E-state index contributed by atoms with van der Waals surface area (Å²) in [6.45, 7) is 6.68. The lowest BCUT2D eigenvalue weighted by Gasteiger charge is -2.09. The second-order valence-corrected chi connectivity index (χ2v) is 7.70. The highest BCUT2D eigenvalue weighted by Gasteiger charge is 2.08. The van der Waals surface area contributed by atoms with Gasteiger partial charge in [0.25, 0.3) is 5.56 Å². The number of hydrogen-bond acceptors (Lipinski definition) is 6. The molecule has 0 aliphatic heterocycles. The molecule has 0 radical (unpaired) electrons.